The minimum absolute atomic E-state index is 0.0194. The molecule has 0 aliphatic heterocycles. The van der Waals surface area contributed by atoms with Gasteiger partial charge in [0.15, 0.2) is 0 Å². The third kappa shape index (κ3) is 5.18. The average molecular weight is 479 g/mol. The number of carbonyl (C=O) groups excluding carboxylic acids is 2. The van der Waals surface area contributed by atoms with E-state index in [1.807, 2.05) is 4.90 Å². The Morgan fingerprint density at radius 3 is 1.26 bits per heavy atom. The van der Waals surface area contributed by atoms with Crippen molar-refractivity contribution in [1.29, 1.82) is 0 Å². The zero-order valence-electron chi connectivity index (χ0n) is 22.2. The van der Waals surface area contributed by atoms with Crippen LogP contribution in [0.2, 0.25) is 0 Å². The second-order valence-electron chi connectivity index (χ2n) is 12.4. The molecular weight excluding hydrogens is 428 g/mol. The fourth-order valence-electron chi connectivity index (χ4n) is 7.71. The van der Waals surface area contributed by atoms with Gasteiger partial charge in [-0.1, -0.05) is 85.5 Å². The number of hydrogen-bond donors (Lipinski definition) is 3. The van der Waals surface area contributed by atoms with E-state index in [9.17, 15) is 19.8 Å². The van der Waals surface area contributed by atoms with Crippen LogP contribution in [0.25, 0.3) is 0 Å². The van der Waals surface area contributed by atoms with Crippen LogP contribution in [0, 0.1) is 17.3 Å². The Labute approximate surface area is 207 Å². The summed E-state index contributed by atoms with van der Waals surface area (Å²) >= 11 is 0. The molecule has 3 fully saturated rings. The fourth-order valence-corrected chi connectivity index (χ4v) is 7.71. The summed E-state index contributed by atoms with van der Waals surface area (Å²) in [6.07, 6.45) is 12.0. The van der Waals surface area contributed by atoms with Gasteiger partial charge in [0.1, 0.15) is 5.41 Å². The molecule has 0 aromatic rings. The van der Waals surface area contributed by atoms with E-state index in [1.165, 1.54) is 0 Å². The van der Waals surface area contributed by atoms with Gasteiger partial charge in [-0.05, 0) is 50.4 Å². The average Bonchev–Trinajstić information content (AvgIpc) is 2.78. The molecule has 0 spiro atoms. The molecule has 3 rings (SSSR count). The molecule has 0 aromatic carbocycles. The lowest BCUT2D eigenvalue weighted by Gasteiger charge is -2.56. The summed E-state index contributed by atoms with van der Waals surface area (Å²) in [6.45, 7) is 8.27. The van der Waals surface area contributed by atoms with Crippen molar-refractivity contribution in [2.75, 3.05) is 0 Å². The van der Waals surface area contributed by atoms with E-state index < -0.39 is 34.6 Å². The van der Waals surface area contributed by atoms with E-state index in [-0.39, 0.29) is 17.7 Å². The van der Waals surface area contributed by atoms with Gasteiger partial charge in [0.05, 0.1) is 23.3 Å². The van der Waals surface area contributed by atoms with Crippen molar-refractivity contribution in [3.63, 3.8) is 0 Å². The first kappa shape index (κ1) is 27.4. The number of nitrogens with two attached hydrogens (primary N) is 1. The molecule has 0 radical (unpaired) electrons. The molecule has 0 unspecified atom stereocenters. The molecular formula is C28H50N2O4. The Balaban J connectivity index is 2.18. The number of carbonyl (C=O) groups is 2. The van der Waals surface area contributed by atoms with Crippen LogP contribution in [-0.4, -0.2) is 50.2 Å². The van der Waals surface area contributed by atoms with Crippen molar-refractivity contribution in [3.8, 4) is 0 Å². The van der Waals surface area contributed by atoms with Gasteiger partial charge in [-0.25, -0.2) is 0 Å². The van der Waals surface area contributed by atoms with Gasteiger partial charge in [-0.15, -0.1) is 0 Å². The van der Waals surface area contributed by atoms with Gasteiger partial charge in [-0.3, -0.25) is 9.59 Å². The summed E-state index contributed by atoms with van der Waals surface area (Å²) in [4.78, 5) is 29.5. The maximum atomic E-state index is 14.7. The van der Waals surface area contributed by atoms with Crippen molar-refractivity contribution in [3.05, 3.63) is 0 Å². The zero-order valence-corrected chi connectivity index (χ0v) is 22.2. The Bertz CT molecular complexity index is 665. The van der Waals surface area contributed by atoms with Gasteiger partial charge >= 0.3 is 0 Å². The van der Waals surface area contributed by atoms with Crippen LogP contribution in [0.5, 0.6) is 0 Å². The van der Waals surface area contributed by atoms with Crippen LogP contribution < -0.4 is 5.73 Å². The predicted molar refractivity (Wildman–Crippen MR) is 135 cm³/mol. The van der Waals surface area contributed by atoms with E-state index in [2.05, 4.69) is 27.7 Å². The lowest BCUT2D eigenvalue weighted by atomic mass is 9.67. The van der Waals surface area contributed by atoms with Crippen LogP contribution >= 0.6 is 0 Å². The van der Waals surface area contributed by atoms with Gasteiger partial charge in [0.25, 0.3) is 0 Å². The molecule has 196 valence electrons. The fraction of sp³-hybridized carbons (Fsp3) is 0.929. The molecule has 0 aromatic heterocycles. The minimum atomic E-state index is -1.24. The van der Waals surface area contributed by atoms with Gasteiger partial charge in [0, 0.05) is 0 Å². The van der Waals surface area contributed by atoms with Crippen LogP contribution in [0.4, 0.5) is 0 Å². The number of aliphatic hydroxyl groups is 2. The highest BCUT2D eigenvalue weighted by molar-refractivity contribution is 6.04. The molecule has 4 N–H and O–H groups in total. The molecule has 34 heavy (non-hydrogen) atoms. The smallest absolute Gasteiger partial charge is 0.238 e. The molecule has 0 saturated heterocycles. The standard InChI is InChI=1S/C28H50N2O4/c1-20(2)22(27(33)16-10-6-11-17-27)30(23(21(3)4)28(34)18-12-7-13-19-28)25(32)26(24(29)31)14-8-5-9-15-26/h20-23,33-34H,5-19H2,1-4H3,(H2,29,31)/t22-,23-/m1/s1. The maximum Gasteiger partial charge on any atom is 0.238 e. The summed E-state index contributed by atoms with van der Waals surface area (Å²) in [5.41, 5.74) is 2.72. The summed E-state index contributed by atoms with van der Waals surface area (Å²) in [5, 5.41) is 24.1. The van der Waals surface area contributed by atoms with Crippen LogP contribution in [-0.2, 0) is 9.59 Å². The van der Waals surface area contributed by atoms with Crippen molar-refractivity contribution in [2.45, 2.75) is 147 Å². The molecule has 3 aliphatic carbocycles. The SMILES string of the molecule is CC(C)[C@@H](N(C(=O)C1(C(N)=O)CCCCC1)[C@H](C(C)C)C1(O)CCCCC1)C1(O)CCCCC1. The molecule has 3 aliphatic rings. The van der Waals surface area contributed by atoms with E-state index >= 15 is 0 Å². The van der Waals surface area contributed by atoms with Crippen molar-refractivity contribution < 1.29 is 19.8 Å². The molecule has 0 heterocycles. The Morgan fingerprint density at radius 2 is 0.971 bits per heavy atom. The van der Waals surface area contributed by atoms with Crippen molar-refractivity contribution in [1.82, 2.24) is 4.90 Å². The number of rotatable bonds is 8. The number of nitrogens with zero attached hydrogens (tertiary/aromatic N) is 1. The van der Waals surface area contributed by atoms with Crippen molar-refractivity contribution >= 4 is 11.8 Å². The normalized spacial score (nSPS) is 26.1. The van der Waals surface area contributed by atoms with Crippen molar-refractivity contribution in [2.24, 2.45) is 23.0 Å². The topological polar surface area (TPSA) is 104 Å². The first-order valence-electron chi connectivity index (χ1n) is 14.1. The van der Waals surface area contributed by atoms with Crippen LogP contribution in [0.1, 0.15) is 124 Å². The highest BCUT2D eigenvalue weighted by Crippen LogP contribution is 2.47. The zero-order chi connectivity index (χ0) is 25.1. The van der Waals surface area contributed by atoms with Gasteiger partial charge in [-0.2, -0.15) is 0 Å². The monoisotopic (exact) mass is 478 g/mol. The van der Waals surface area contributed by atoms with Crippen LogP contribution in [0.15, 0.2) is 0 Å². The van der Waals surface area contributed by atoms with E-state index in [4.69, 9.17) is 5.73 Å². The number of primary amides is 1. The summed E-state index contributed by atoms with van der Waals surface area (Å²) < 4.78 is 0. The summed E-state index contributed by atoms with van der Waals surface area (Å²) in [5.74, 6) is -0.823. The second kappa shape index (κ2) is 10.9. The van der Waals surface area contributed by atoms with E-state index in [0.717, 1.165) is 57.8 Å². The quantitative estimate of drug-likeness (QED) is 0.440. The lowest BCUT2D eigenvalue weighted by Crippen LogP contribution is -2.70. The highest BCUT2D eigenvalue weighted by atomic mass is 16.3. The molecule has 2 amide bonds. The second-order valence-corrected chi connectivity index (χ2v) is 12.4. The predicted octanol–water partition coefficient (Wildman–Crippen LogP) is 4.69. The van der Waals surface area contributed by atoms with E-state index in [0.29, 0.717) is 38.5 Å². The maximum absolute atomic E-state index is 14.7. The first-order chi connectivity index (χ1) is 16.0. The Morgan fingerprint density at radius 1 is 0.647 bits per heavy atom. The minimum Gasteiger partial charge on any atom is -0.388 e. The van der Waals surface area contributed by atoms with E-state index in [1.54, 1.807) is 0 Å². The highest BCUT2D eigenvalue weighted by Gasteiger charge is 2.57. The molecule has 3 saturated carbocycles. The van der Waals surface area contributed by atoms with Gasteiger partial charge in [0.2, 0.25) is 11.8 Å². The van der Waals surface area contributed by atoms with Gasteiger partial charge < -0.3 is 20.8 Å². The third-order valence-electron chi connectivity index (χ3n) is 9.22. The van der Waals surface area contributed by atoms with Crippen LogP contribution in [0.3, 0.4) is 0 Å². The molecule has 2 atom stereocenters. The molecule has 6 nitrogen and oxygen atoms in total. The number of hydrogen-bond acceptors (Lipinski definition) is 4. The summed E-state index contributed by atoms with van der Waals surface area (Å²) in [6, 6.07) is -0.923. The largest absolute Gasteiger partial charge is 0.388 e. The number of amides is 2. The Kier molecular flexibility index (Phi) is 8.77. The first-order valence-corrected chi connectivity index (χ1v) is 14.1. The summed E-state index contributed by atoms with van der Waals surface area (Å²) in [7, 11) is 0. The lowest BCUT2D eigenvalue weighted by molar-refractivity contribution is -0.186. The molecule has 0 bridgehead atoms. The Hall–Kier alpha value is -1.14. The molecule has 6 heteroatoms. The third-order valence-corrected chi connectivity index (χ3v) is 9.22.